The molecule has 2 aromatic heterocycles. The van der Waals surface area contributed by atoms with E-state index in [1.165, 1.54) is 12.1 Å². The van der Waals surface area contributed by atoms with E-state index in [4.69, 9.17) is 0 Å². The number of hydrogen-bond donors (Lipinski definition) is 0. The number of benzene rings is 1. The summed E-state index contributed by atoms with van der Waals surface area (Å²) in [6, 6.07) is 4.36. The van der Waals surface area contributed by atoms with Crippen molar-refractivity contribution < 1.29 is 8.78 Å². The van der Waals surface area contributed by atoms with Crippen LogP contribution in [0.2, 0.25) is 0 Å². The fraction of sp³-hybridized carbons (Fsp3) is 0.353. The first-order valence-corrected chi connectivity index (χ1v) is 8.08. The van der Waals surface area contributed by atoms with E-state index in [2.05, 4.69) is 25.0 Å². The Balaban J connectivity index is 1.43. The Bertz CT molecular complexity index is 919. The molecule has 25 heavy (non-hydrogen) atoms. The highest BCUT2D eigenvalue weighted by Gasteiger charge is 2.32. The predicted molar refractivity (Wildman–Crippen MR) is 89.3 cm³/mol. The Kier molecular flexibility index (Phi) is 3.84. The van der Waals surface area contributed by atoms with E-state index >= 15 is 0 Å². The van der Waals surface area contributed by atoms with Crippen LogP contribution >= 0.6 is 0 Å². The molecule has 1 fully saturated rings. The lowest BCUT2D eigenvalue weighted by atomic mass is 10.1. The number of likely N-dealkylation sites (N-methyl/N-ethyl adjacent to an activating group) is 1. The summed E-state index contributed by atoms with van der Waals surface area (Å²) in [7, 11) is 1.98. The molecule has 130 valence electrons. The summed E-state index contributed by atoms with van der Waals surface area (Å²) in [5.41, 5.74) is 1.51. The SMILES string of the molecule is Cc1nnc2c(N3CC(N(C)Cc4ccc(F)c(F)c4)C3)nccn12. The Morgan fingerprint density at radius 2 is 2.00 bits per heavy atom. The fourth-order valence-corrected chi connectivity index (χ4v) is 3.11. The molecule has 0 bridgehead atoms. The molecule has 0 N–H and O–H groups in total. The quantitative estimate of drug-likeness (QED) is 0.725. The van der Waals surface area contributed by atoms with Crippen molar-refractivity contribution in [3.8, 4) is 0 Å². The Morgan fingerprint density at radius 1 is 1.20 bits per heavy atom. The smallest absolute Gasteiger partial charge is 0.203 e. The van der Waals surface area contributed by atoms with E-state index in [0.717, 1.165) is 35.9 Å². The van der Waals surface area contributed by atoms with Crippen LogP contribution in [0.15, 0.2) is 30.6 Å². The van der Waals surface area contributed by atoms with Gasteiger partial charge >= 0.3 is 0 Å². The highest BCUT2D eigenvalue weighted by Crippen LogP contribution is 2.25. The van der Waals surface area contributed by atoms with Gasteiger partial charge in [0.05, 0.1) is 0 Å². The van der Waals surface area contributed by atoms with E-state index in [1.807, 2.05) is 24.6 Å². The van der Waals surface area contributed by atoms with Crippen LogP contribution in [0.3, 0.4) is 0 Å². The molecule has 0 amide bonds. The van der Waals surface area contributed by atoms with Gasteiger partial charge in [-0.1, -0.05) is 6.07 Å². The Labute approximate surface area is 143 Å². The van der Waals surface area contributed by atoms with Crippen LogP contribution in [0.1, 0.15) is 11.4 Å². The second-order valence-corrected chi connectivity index (χ2v) is 6.41. The number of halogens is 2. The average molecular weight is 344 g/mol. The van der Waals surface area contributed by atoms with Gasteiger partial charge in [-0.2, -0.15) is 0 Å². The molecule has 1 saturated heterocycles. The molecule has 6 nitrogen and oxygen atoms in total. The van der Waals surface area contributed by atoms with Crippen LogP contribution in [0.4, 0.5) is 14.6 Å². The largest absolute Gasteiger partial charge is 0.350 e. The minimum Gasteiger partial charge on any atom is -0.350 e. The summed E-state index contributed by atoms with van der Waals surface area (Å²) >= 11 is 0. The molecule has 1 aromatic carbocycles. The zero-order valence-electron chi connectivity index (χ0n) is 14.0. The van der Waals surface area contributed by atoms with Crippen molar-refractivity contribution in [3.63, 3.8) is 0 Å². The first-order valence-electron chi connectivity index (χ1n) is 8.08. The number of nitrogens with zero attached hydrogens (tertiary/aromatic N) is 6. The van der Waals surface area contributed by atoms with Gasteiger partial charge in [0.1, 0.15) is 5.82 Å². The van der Waals surface area contributed by atoms with Gasteiger partial charge in [-0.25, -0.2) is 13.8 Å². The van der Waals surface area contributed by atoms with Crippen LogP contribution in [0.25, 0.3) is 5.65 Å². The monoisotopic (exact) mass is 344 g/mol. The minimum atomic E-state index is -0.816. The van der Waals surface area contributed by atoms with Gasteiger partial charge in [0.2, 0.25) is 5.65 Å². The normalized spacial score (nSPS) is 15.2. The number of aromatic nitrogens is 4. The standard InChI is InChI=1S/C17H18F2N6/c1-11-21-22-17-16(20-5-6-25(11)17)24-9-13(10-24)23(2)8-12-3-4-14(18)15(19)7-12/h3-7,13H,8-10H2,1-2H3. The van der Waals surface area contributed by atoms with Gasteiger partial charge < -0.3 is 4.90 Å². The highest BCUT2D eigenvalue weighted by molar-refractivity contribution is 5.65. The summed E-state index contributed by atoms with van der Waals surface area (Å²) in [5, 5.41) is 8.29. The highest BCUT2D eigenvalue weighted by atomic mass is 19.2. The zero-order chi connectivity index (χ0) is 17.6. The van der Waals surface area contributed by atoms with Crippen LogP contribution in [-0.2, 0) is 6.54 Å². The van der Waals surface area contributed by atoms with Crippen molar-refractivity contribution in [2.45, 2.75) is 19.5 Å². The van der Waals surface area contributed by atoms with E-state index in [9.17, 15) is 8.78 Å². The van der Waals surface area contributed by atoms with Gasteiger partial charge in [0.15, 0.2) is 17.5 Å². The third kappa shape index (κ3) is 2.82. The molecule has 3 heterocycles. The van der Waals surface area contributed by atoms with Gasteiger partial charge in [-0.15, -0.1) is 10.2 Å². The lowest BCUT2D eigenvalue weighted by molar-refractivity contribution is 0.196. The second kappa shape index (κ2) is 6.03. The molecule has 0 atom stereocenters. The van der Waals surface area contributed by atoms with Crippen molar-refractivity contribution in [2.24, 2.45) is 0 Å². The molecule has 0 aliphatic carbocycles. The molecular weight excluding hydrogens is 326 g/mol. The number of hydrogen-bond acceptors (Lipinski definition) is 5. The van der Waals surface area contributed by atoms with Crippen molar-refractivity contribution in [2.75, 3.05) is 25.0 Å². The number of fused-ring (bicyclic) bond motifs is 1. The third-order valence-electron chi connectivity index (χ3n) is 4.68. The van der Waals surface area contributed by atoms with Crippen molar-refractivity contribution >= 4 is 11.5 Å². The molecule has 0 radical (unpaired) electrons. The molecular formula is C17H18F2N6. The molecule has 3 aromatic rings. The van der Waals surface area contributed by atoms with Crippen LogP contribution in [0, 0.1) is 18.6 Å². The van der Waals surface area contributed by atoms with E-state index in [-0.39, 0.29) is 0 Å². The summed E-state index contributed by atoms with van der Waals surface area (Å²) in [5.74, 6) is 0.0231. The molecule has 0 unspecified atom stereocenters. The van der Waals surface area contributed by atoms with Gasteiger partial charge in [0, 0.05) is 38.1 Å². The first kappa shape index (κ1) is 15.9. The van der Waals surface area contributed by atoms with Gasteiger partial charge in [0.25, 0.3) is 0 Å². The third-order valence-corrected chi connectivity index (χ3v) is 4.68. The number of rotatable bonds is 4. The lowest BCUT2D eigenvalue weighted by Crippen LogP contribution is -2.58. The topological polar surface area (TPSA) is 49.6 Å². The Morgan fingerprint density at radius 3 is 2.76 bits per heavy atom. The first-order chi connectivity index (χ1) is 12.0. The molecule has 8 heteroatoms. The summed E-state index contributed by atoms with van der Waals surface area (Å²) in [6.45, 7) is 4.08. The van der Waals surface area contributed by atoms with Crippen LogP contribution < -0.4 is 4.90 Å². The minimum absolute atomic E-state index is 0.319. The predicted octanol–water partition coefficient (Wildman–Crippen LogP) is 2.03. The number of anilines is 1. The van der Waals surface area contributed by atoms with E-state index in [0.29, 0.717) is 12.6 Å². The summed E-state index contributed by atoms with van der Waals surface area (Å²) < 4.78 is 28.3. The van der Waals surface area contributed by atoms with E-state index < -0.39 is 11.6 Å². The van der Waals surface area contributed by atoms with Crippen molar-refractivity contribution in [1.29, 1.82) is 0 Å². The maximum atomic E-state index is 13.3. The summed E-state index contributed by atoms with van der Waals surface area (Å²) in [6.07, 6.45) is 3.59. The Hall–Kier alpha value is -2.61. The maximum Gasteiger partial charge on any atom is 0.203 e. The second-order valence-electron chi connectivity index (χ2n) is 6.41. The lowest BCUT2D eigenvalue weighted by Gasteiger charge is -2.44. The fourth-order valence-electron chi connectivity index (χ4n) is 3.11. The number of aryl methyl sites for hydroxylation is 1. The molecule has 1 aliphatic heterocycles. The summed E-state index contributed by atoms with van der Waals surface area (Å²) in [4.78, 5) is 8.72. The molecule has 1 aliphatic rings. The van der Waals surface area contributed by atoms with Crippen molar-refractivity contribution in [1.82, 2.24) is 24.5 Å². The molecule has 0 saturated carbocycles. The zero-order valence-corrected chi connectivity index (χ0v) is 14.0. The van der Waals surface area contributed by atoms with Gasteiger partial charge in [-0.3, -0.25) is 9.30 Å². The van der Waals surface area contributed by atoms with Crippen LogP contribution in [0.5, 0.6) is 0 Å². The van der Waals surface area contributed by atoms with Crippen LogP contribution in [-0.4, -0.2) is 50.7 Å². The van der Waals surface area contributed by atoms with Gasteiger partial charge in [-0.05, 0) is 31.7 Å². The maximum absolute atomic E-state index is 13.3. The molecule has 0 spiro atoms. The average Bonchev–Trinajstić information content (AvgIpc) is 2.92. The molecule has 4 rings (SSSR count). The van der Waals surface area contributed by atoms with E-state index in [1.54, 1.807) is 12.3 Å². The van der Waals surface area contributed by atoms with Crippen molar-refractivity contribution in [3.05, 3.63) is 53.6 Å².